The number of amides is 1. The van der Waals surface area contributed by atoms with Crippen LogP contribution in [-0.2, 0) is 4.74 Å². The van der Waals surface area contributed by atoms with E-state index in [1.807, 2.05) is 30.3 Å². The van der Waals surface area contributed by atoms with Gasteiger partial charge < -0.3 is 19.5 Å². The molecule has 1 N–H and O–H groups in total. The zero-order valence-corrected chi connectivity index (χ0v) is 17.6. The molecule has 5 heteroatoms. The molecule has 1 aliphatic heterocycles. The van der Waals surface area contributed by atoms with Gasteiger partial charge in [-0.3, -0.25) is 4.79 Å². The van der Waals surface area contributed by atoms with Crippen molar-refractivity contribution in [1.29, 1.82) is 0 Å². The van der Waals surface area contributed by atoms with Crippen LogP contribution in [0.4, 0.5) is 0 Å². The van der Waals surface area contributed by atoms with Crippen LogP contribution in [0.15, 0.2) is 48.5 Å². The number of aliphatic hydroxyl groups is 1. The first-order valence-electron chi connectivity index (χ1n) is 10.2. The third-order valence-electron chi connectivity index (χ3n) is 5.80. The smallest absolute Gasteiger partial charge is 0.254 e. The highest BCUT2D eigenvalue weighted by molar-refractivity contribution is 6.03. The largest absolute Gasteiger partial charge is 0.496 e. The summed E-state index contributed by atoms with van der Waals surface area (Å²) in [5.41, 5.74) is 5.07. The van der Waals surface area contributed by atoms with Gasteiger partial charge in [0, 0.05) is 12.1 Å². The van der Waals surface area contributed by atoms with Crippen molar-refractivity contribution < 1.29 is 19.4 Å². The van der Waals surface area contributed by atoms with Crippen molar-refractivity contribution >= 4 is 16.7 Å². The molecule has 3 aromatic rings. The van der Waals surface area contributed by atoms with Gasteiger partial charge in [-0.15, -0.1) is 0 Å². The Kier molecular flexibility index (Phi) is 5.75. The molecule has 0 aliphatic carbocycles. The van der Waals surface area contributed by atoms with Gasteiger partial charge >= 0.3 is 0 Å². The van der Waals surface area contributed by atoms with E-state index in [2.05, 4.69) is 32.0 Å². The van der Waals surface area contributed by atoms with Crippen LogP contribution in [0.3, 0.4) is 0 Å². The molecule has 1 saturated heterocycles. The van der Waals surface area contributed by atoms with E-state index in [-0.39, 0.29) is 18.6 Å². The van der Waals surface area contributed by atoms with E-state index >= 15 is 0 Å². The molecular formula is C25H27NO4. The van der Waals surface area contributed by atoms with Crippen LogP contribution in [0, 0.1) is 13.8 Å². The Hall–Kier alpha value is -2.89. The molecule has 30 heavy (non-hydrogen) atoms. The summed E-state index contributed by atoms with van der Waals surface area (Å²) in [5, 5.41) is 11.7. The number of methoxy groups -OCH3 is 1. The molecule has 1 unspecified atom stereocenters. The van der Waals surface area contributed by atoms with Gasteiger partial charge in [-0.25, -0.2) is 0 Å². The highest BCUT2D eigenvalue weighted by atomic mass is 16.5. The molecule has 0 bridgehead atoms. The summed E-state index contributed by atoms with van der Waals surface area (Å²) < 4.78 is 10.9. The summed E-state index contributed by atoms with van der Waals surface area (Å²) in [6.07, 6.45) is 0. The molecule has 1 amide bonds. The van der Waals surface area contributed by atoms with Gasteiger partial charge in [0.2, 0.25) is 0 Å². The zero-order valence-electron chi connectivity index (χ0n) is 17.6. The van der Waals surface area contributed by atoms with Crippen LogP contribution >= 0.6 is 0 Å². The van der Waals surface area contributed by atoms with Crippen molar-refractivity contribution in [3.05, 3.63) is 65.2 Å². The predicted octanol–water partition coefficient (Wildman–Crippen LogP) is 3.97. The summed E-state index contributed by atoms with van der Waals surface area (Å²) in [5.74, 6) is 0.844. The first kappa shape index (κ1) is 20.4. The molecule has 1 aliphatic rings. The second-order valence-corrected chi connectivity index (χ2v) is 7.79. The minimum atomic E-state index is -0.293. The van der Waals surface area contributed by atoms with E-state index in [9.17, 15) is 9.90 Å². The number of hydrogen-bond acceptors (Lipinski definition) is 4. The standard InChI is InChI=1S/C25H27NO4/c1-16-11-20(12-17(2)24(16)29-3)22-6-4-5-18-13-19(7-8-23(18)22)25(28)26-9-10-30-15-21(26)14-27/h4-8,11-13,21,27H,9-10,14-15H2,1-3H3. The van der Waals surface area contributed by atoms with E-state index < -0.39 is 0 Å². The molecule has 4 rings (SSSR count). The van der Waals surface area contributed by atoms with Gasteiger partial charge in [0.15, 0.2) is 0 Å². The number of aliphatic hydroxyl groups excluding tert-OH is 1. The molecule has 1 heterocycles. The molecule has 156 valence electrons. The summed E-state index contributed by atoms with van der Waals surface area (Å²) in [6.45, 7) is 5.37. The topological polar surface area (TPSA) is 59.0 Å². The lowest BCUT2D eigenvalue weighted by atomic mass is 9.94. The predicted molar refractivity (Wildman–Crippen MR) is 118 cm³/mol. The summed E-state index contributed by atoms with van der Waals surface area (Å²) in [6, 6.07) is 16.0. The Labute approximate surface area is 176 Å². The van der Waals surface area contributed by atoms with Crippen LogP contribution in [0.25, 0.3) is 21.9 Å². The number of carbonyl (C=O) groups is 1. The average Bonchev–Trinajstić information content (AvgIpc) is 2.77. The molecule has 1 atom stereocenters. The van der Waals surface area contributed by atoms with E-state index in [1.165, 1.54) is 0 Å². The van der Waals surface area contributed by atoms with Gasteiger partial charge in [-0.05, 0) is 71.1 Å². The number of benzene rings is 3. The number of rotatable bonds is 4. The third kappa shape index (κ3) is 3.66. The zero-order chi connectivity index (χ0) is 21.3. The van der Waals surface area contributed by atoms with Crippen LogP contribution in [-0.4, -0.2) is 55.4 Å². The summed E-state index contributed by atoms with van der Waals surface area (Å²) >= 11 is 0. The minimum absolute atomic E-state index is 0.0687. The van der Waals surface area contributed by atoms with Crippen LogP contribution < -0.4 is 4.74 Å². The second-order valence-electron chi connectivity index (χ2n) is 7.79. The Bertz CT molecular complexity index is 1070. The van der Waals surface area contributed by atoms with Gasteiger partial charge in [0.05, 0.1) is 33.0 Å². The van der Waals surface area contributed by atoms with E-state index in [0.717, 1.165) is 38.8 Å². The molecule has 0 saturated carbocycles. The average molecular weight is 405 g/mol. The number of carbonyl (C=O) groups excluding carboxylic acids is 1. The normalized spacial score (nSPS) is 16.7. The Balaban J connectivity index is 1.73. The number of aryl methyl sites for hydroxylation is 2. The van der Waals surface area contributed by atoms with Crippen molar-refractivity contribution in [2.45, 2.75) is 19.9 Å². The quantitative estimate of drug-likeness (QED) is 0.714. The second kappa shape index (κ2) is 8.46. The maximum absolute atomic E-state index is 13.1. The Morgan fingerprint density at radius 2 is 1.93 bits per heavy atom. The highest BCUT2D eigenvalue weighted by Gasteiger charge is 2.27. The first-order valence-corrected chi connectivity index (χ1v) is 10.2. The van der Waals surface area contributed by atoms with E-state index in [4.69, 9.17) is 9.47 Å². The first-order chi connectivity index (χ1) is 14.5. The van der Waals surface area contributed by atoms with Crippen molar-refractivity contribution in [3.8, 4) is 16.9 Å². The van der Waals surface area contributed by atoms with Gasteiger partial charge in [0.1, 0.15) is 5.75 Å². The van der Waals surface area contributed by atoms with Crippen LogP contribution in [0.2, 0.25) is 0 Å². The van der Waals surface area contributed by atoms with Crippen molar-refractivity contribution in [1.82, 2.24) is 4.90 Å². The van der Waals surface area contributed by atoms with Crippen LogP contribution in [0.5, 0.6) is 5.75 Å². The Morgan fingerprint density at radius 3 is 2.63 bits per heavy atom. The van der Waals surface area contributed by atoms with Crippen LogP contribution in [0.1, 0.15) is 21.5 Å². The van der Waals surface area contributed by atoms with Crippen molar-refractivity contribution in [3.63, 3.8) is 0 Å². The molecule has 0 aromatic heterocycles. The molecular weight excluding hydrogens is 378 g/mol. The van der Waals surface area contributed by atoms with E-state index in [0.29, 0.717) is 25.3 Å². The lowest BCUT2D eigenvalue weighted by Gasteiger charge is -2.34. The maximum atomic E-state index is 13.1. The van der Waals surface area contributed by atoms with Gasteiger partial charge in [-0.1, -0.05) is 24.3 Å². The minimum Gasteiger partial charge on any atom is -0.496 e. The molecule has 0 radical (unpaired) electrons. The molecule has 5 nitrogen and oxygen atoms in total. The number of ether oxygens (including phenoxy) is 2. The van der Waals surface area contributed by atoms with Gasteiger partial charge in [0.25, 0.3) is 5.91 Å². The fourth-order valence-electron chi connectivity index (χ4n) is 4.34. The number of fused-ring (bicyclic) bond motifs is 1. The molecule has 3 aromatic carbocycles. The fourth-order valence-corrected chi connectivity index (χ4v) is 4.34. The lowest BCUT2D eigenvalue weighted by molar-refractivity contribution is -0.0183. The molecule has 1 fully saturated rings. The van der Waals surface area contributed by atoms with Gasteiger partial charge in [-0.2, -0.15) is 0 Å². The monoisotopic (exact) mass is 405 g/mol. The van der Waals surface area contributed by atoms with Crippen molar-refractivity contribution in [2.24, 2.45) is 0 Å². The SMILES string of the molecule is COc1c(C)cc(-c2cccc3cc(C(=O)N4CCOCC4CO)ccc23)cc1C. The van der Waals surface area contributed by atoms with E-state index in [1.54, 1.807) is 12.0 Å². The summed E-state index contributed by atoms with van der Waals surface area (Å²) in [7, 11) is 1.70. The third-order valence-corrected chi connectivity index (χ3v) is 5.80. The highest BCUT2D eigenvalue weighted by Crippen LogP contribution is 2.34. The maximum Gasteiger partial charge on any atom is 0.254 e. The summed E-state index contributed by atoms with van der Waals surface area (Å²) in [4.78, 5) is 14.8. The van der Waals surface area contributed by atoms with Crippen molar-refractivity contribution in [2.75, 3.05) is 33.5 Å². The Morgan fingerprint density at radius 1 is 1.17 bits per heavy atom. The number of nitrogens with zero attached hydrogens (tertiary/aromatic N) is 1. The number of hydrogen-bond donors (Lipinski definition) is 1. The fraction of sp³-hybridized carbons (Fsp3) is 0.320. The molecule has 0 spiro atoms. The lowest BCUT2D eigenvalue weighted by Crippen LogP contribution is -2.50. The number of morpholine rings is 1.